The van der Waals surface area contributed by atoms with E-state index in [-0.39, 0.29) is 0 Å². The van der Waals surface area contributed by atoms with Crippen molar-refractivity contribution >= 4 is 34.8 Å². The monoisotopic (exact) mass is 476 g/mol. The quantitative estimate of drug-likeness (QED) is 0.463. The van der Waals surface area contributed by atoms with Crippen molar-refractivity contribution in [3.05, 3.63) is 59.7 Å². The Hall–Kier alpha value is -3.72. The molecule has 1 aliphatic heterocycles. The molecule has 184 valence electrons. The van der Waals surface area contributed by atoms with Crippen molar-refractivity contribution in [3.63, 3.8) is 0 Å². The number of nitrogens with zero attached hydrogens (tertiary/aromatic N) is 4. The normalized spacial score (nSPS) is 17.9. The van der Waals surface area contributed by atoms with Crippen LogP contribution in [0.15, 0.2) is 48.5 Å². The van der Waals surface area contributed by atoms with Crippen LogP contribution >= 0.6 is 0 Å². The number of anilines is 1. The lowest BCUT2D eigenvalue weighted by Crippen LogP contribution is -2.42. The molecule has 35 heavy (non-hydrogen) atoms. The van der Waals surface area contributed by atoms with Gasteiger partial charge in [-0.15, -0.1) is 0 Å². The number of likely N-dealkylation sites (N-methyl/N-ethyl adjacent to an activating group) is 1. The molecular weight excluding hydrogens is 444 g/mol. The molecule has 1 saturated heterocycles. The van der Waals surface area contributed by atoms with Crippen molar-refractivity contribution in [2.24, 2.45) is 0 Å². The molecule has 2 N–H and O–H groups in total. The van der Waals surface area contributed by atoms with Crippen LogP contribution in [0.1, 0.15) is 31.9 Å². The zero-order valence-corrected chi connectivity index (χ0v) is 20.7. The minimum absolute atomic E-state index is 0.397. The highest BCUT2D eigenvalue weighted by molar-refractivity contribution is 6.10. The summed E-state index contributed by atoms with van der Waals surface area (Å²) in [5.74, 6) is -0.547. The summed E-state index contributed by atoms with van der Waals surface area (Å²) in [6.45, 7) is 10.7. The second kappa shape index (κ2) is 9.87. The number of fused-ring (bicyclic) bond motifs is 1. The van der Waals surface area contributed by atoms with Gasteiger partial charge in [-0.05, 0) is 44.6 Å². The van der Waals surface area contributed by atoms with E-state index in [4.69, 9.17) is 0 Å². The highest BCUT2D eigenvalue weighted by Gasteiger charge is 2.49. The van der Waals surface area contributed by atoms with Crippen LogP contribution in [0.2, 0.25) is 0 Å². The number of hydrogen-bond acceptors (Lipinski definition) is 5. The molecule has 0 saturated carbocycles. The predicted molar refractivity (Wildman–Crippen MR) is 135 cm³/mol. The van der Waals surface area contributed by atoms with Crippen molar-refractivity contribution in [2.45, 2.75) is 39.8 Å². The highest BCUT2D eigenvalue weighted by Crippen LogP contribution is 2.29. The highest BCUT2D eigenvalue weighted by atomic mass is 16.2. The van der Waals surface area contributed by atoms with Gasteiger partial charge in [-0.25, -0.2) is 9.78 Å². The number of para-hydroxylation sites is 2. The van der Waals surface area contributed by atoms with Crippen LogP contribution in [0.3, 0.4) is 0 Å². The number of nitrogens with one attached hydrogen (secondary N) is 2. The molecule has 0 radical (unpaired) electrons. The van der Waals surface area contributed by atoms with E-state index < -0.39 is 29.9 Å². The van der Waals surface area contributed by atoms with Gasteiger partial charge in [0.1, 0.15) is 12.1 Å². The summed E-state index contributed by atoms with van der Waals surface area (Å²) in [5.41, 5.74) is 2.18. The third-order valence-corrected chi connectivity index (χ3v) is 6.65. The molecule has 1 atom stereocenters. The van der Waals surface area contributed by atoms with Crippen molar-refractivity contribution in [1.82, 2.24) is 24.7 Å². The number of amides is 4. The fraction of sp³-hybridized carbons (Fsp3) is 0.385. The molecule has 3 aromatic rings. The first-order valence-corrected chi connectivity index (χ1v) is 12.0. The zero-order valence-electron chi connectivity index (χ0n) is 20.7. The van der Waals surface area contributed by atoms with E-state index >= 15 is 0 Å². The predicted octanol–water partition coefficient (Wildman–Crippen LogP) is 3.09. The maximum atomic E-state index is 13.2. The van der Waals surface area contributed by atoms with E-state index in [1.807, 2.05) is 60.0 Å². The number of benzene rings is 2. The number of urea groups is 1. The number of carbonyl (C=O) groups is 3. The second-order valence-electron chi connectivity index (χ2n) is 8.96. The molecule has 2 aromatic carbocycles. The minimum Gasteiger partial charge on any atom is -0.319 e. The molecular formula is C26H32N6O3. The van der Waals surface area contributed by atoms with Crippen LogP contribution in [0.25, 0.3) is 11.0 Å². The molecule has 1 aliphatic rings. The average Bonchev–Trinajstić information content (AvgIpc) is 3.29. The Morgan fingerprint density at radius 3 is 2.46 bits per heavy atom. The molecule has 1 aromatic heterocycles. The standard InChI is InChI=1S/C26H32N6O3/c1-5-30(6-2)15-16-31-21-10-8-7-9-20(21)27-24(31)28-22(33)17-32-23(34)26(4,29-25(32)35)19-13-11-18(3)12-14-19/h7-14H,5-6,15-17H2,1-4H3,(H,29,35)(H,27,28,33). The number of rotatable bonds is 9. The number of hydrogen-bond donors (Lipinski definition) is 2. The number of imide groups is 1. The molecule has 0 bridgehead atoms. The van der Waals surface area contributed by atoms with Crippen molar-refractivity contribution in [2.75, 3.05) is 31.5 Å². The van der Waals surface area contributed by atoms with Gasteiger partial charge >= 0.3 is 6.03 Å². The van der Waals surface area contributed by atoms with Crippen LogP contribution in [-0.2, 0) is 21.7 Å². The number of aryl methyl sites for hydroxylation is 1. The average molecular weight is 477 g/mol. The summed E-state index contributed by atoms with van der Waals surface area (Å²) in [6.07, 6.45) is 0. The molecule has 4 rings (SSSR count). The lowest BCUT2D eigenvalue weighted by atomic mass is 9.91. The Balaban J connectivity index is 1.52. The zero-order chi connectivity index (χ0) is 25.2. The molecule has 1 unspecified atom stereocenters. The minimum atomic E-state index is -1.22. The van der Waals surface area contributed by atoms with Gasteiger partial charge in [-0.2, -0.15) is 0 Å². The smallest absolute Gasteiger partial charge is 0.319 e. The molecule has 0 spiro atoms. The Morgan fingerprint density at radius 2 is 1.77 bits per heavy atom. The maximum Gasteiger partial charge on any atom is 0.325 e. The topological polar surface area (TPSA) is 99.6 Å². The van der Waals surface area contributed by atoms with E-state index in [9.17, 15) is 14.4 Å². The first-order valence-electron chi connectivity index (χ1n) is 12.0. The summed E-state index contributed by atoms with van der Waals surface area (Å²) >= 11 is 0. The van der Waals surface area contributed by atoms with Gasteiger partial charge < -0.3 is 14.8 Å². The molecule has 1 fully saturated rings. The summed E-state index contributed by atoms with van der Waals surface area (Å²) in [4.78, 5) is 46.7. The van der Waals surface area contributed by atoms with Crippen molar-refractivity contribution in [1.29, 1.82) is 0 Å². The molecule has 0 aliphatic carbocycles. The SMILES string of the molecule is CCN(CC)CCn1c(NC(=O)CN2C(=O)NC(C)(c3ccc(C)cc3)C2=O)nc2ccccc21. The second-order valence-corrected chi connectivity index (χ2v) is 8.96. The Bertz CT molecular complexity index is 1250. The molecule has 9 nitrogen and oxygen atoms in total. The van der Waals surface area contributed by atoms with Gasteiger partial charge in [0.2, 0.25) is 11.9 Å². The van der Waals surface area contributed by atoms with Crippen LogP contribution in [-0.4, -0.2) is 63.4 Å². The van der Waals surface area contributed by atoms with E-state index in [1.54, 1.807) is 6.92 Å². The lowest BCUT2D eigenvalue weighted by molar-refractivity contribution is -0.133. The Kier molecular flexibility index (Phi) is 6.88. The van der Waals surface area contributed by atoms with Gasteiger partial charge in [0.05, 0.1) is 11.0 Å². The molecule has 2 heterocycles. The van der Waals surface area contributed by atoms with Crippen molar-refractivity contribution < 1.29 is 14.4 Å². The van der Waals surface area contributed by atoms with E-state index in [0.29, 0.717) is 18.1 Å². The fourth-order valence-electron chi connectivity index (χ4n) is 4.41. The van der Waals surface area contributed by atoms with Gasteiger partial charge in [0.15, 0.2) is 0 Å². The summed E-state index contributed by atoms with van der Waals surface area (Å²) < 4.78 is 1.97. The van der Waals surface area contributed by atoms with E-state index in [1.165, 1.54) is 0 Å². The summed E-state index contributed by atoms with van der Waals surface area (Å²) in [5, 5.41) is 5.57. The first kappa shape index (κ1) is 24.4. The van der Waals surface area contributed by atoms with Gasteiger partial charge in [-0.1, -0.05) is 55.8 Å². The third kappa shape index (κ3) is 4.77. The fourth-order valence-corrected chi connectivity index (χ4v) is 4.41. The largest absolute Gasteiger partial charge is 0.325 e. The lowest BCUT2D eigenvalue weighted by Gasteiger charge is -2.22. The van der Waals surface area contributed by atoms with Crippen LogP contribution in [0, 0.1) is 6.92 Å². The van der Waals surface area contributed by atoms with Gasteiger partial charge in [-0.3, -0.25) is 19.8 Å². The van der Waals surface area contributed by atoms with E-state index in [2.05, 4.69) is 34.4 Å². The van der Waals surface area contributed by atoms with Gasteiger partial charge in [0.25, 0.3) is 5.91 Å². The number of imidazole rings is 1. The third-order valence-electron chi connectivity index (χ3n) is 6.65. The van der Waals surface area contributed by atoms with Crippen LogP contribution < -0.4 is 10.6 Å². The van der Waals surface area contributed by atoms with E-state index in [0.717, 1.165) is 41.1 Å². The van der Waals surface area contributed by atoms with Crippen LogP contribution in [0.4, 0.5) is 10.7 Å². The molecule has 9 heteroatoms. The summed E-state index contributed by atoms with van der Waals surface area (Å²) in [6, 6.07) is 14.5. The van der Waals surface area contributed by atoms with Crippen molar-refractivity contribution in [3.8, 4) is 0 Å². The first-order chi connectivity index (χ1) is 16.8. The number of aromatic nitrogens is 2. The maximum absolute atomic E-state index is 13.2. The molecule has 4 amide bonds. The Labute approximate surface area is 205 Å². The number of carbonyl (C=O) groups excluding carboxylic acids is 3. The Morgan fingerprint density at radius 1 is 1.09 bits per heavy atom. The van der Waals surface area contributed by atoms with Crippen LogP contribution in [0.5, 0.6) is 0 Å². The van der Waals surface area contributed by atoms with Gasteiger partial charge in [0, 0.05) is 13.1 Å². The summed E-state index contributed by atoms with van der Waals surface area (Å²) in [7, 11) is 0.